The number of amides is 1. The highest BCUT2D eigenvalue weighted by atomic mass is 16.4. The third kappa shape index (κ3) is 3.06. The first-order chi connectivity index (χ1) is 11.0. The van der Waals surface area contributed by atoms with E-state index in [0.717, 1.165) is 16.6 Å². The highest BCUT2D eigenvalue weighted by Crippen LogP contribution is 2.24. The number of carboxylic acids is 1. The first-order valence-electron chi connectivity index (χ1n) is 7.87. The van der Waals surface area contributed by atoms with Gasteiger partial charge in [0, 0.05) is 25.5 Å². The summed E-state index contributed by atoms with van der Waals surface area (Å²) in [7, 11) is 1.86. The van der Waals surface area contributed by atoms with Crippen LogP contribution in [0.2, 0.25) is 0 Å². The van der Waals surface area contributed by atoms with Gasteiger partial charge in [-0.15, -0.1) is 0 Å². The molecule has 6 nitrogen and oxygen atoms in total. The van der Waals surface area contributed by atoms with Gasteiger partial charge < -0.3 is 10.0 Å². The lowest BCUT2D eigenvalue weighted by molar-refractivity contribution is -0.146. The number of aromatic nitrogens is 2. The average molecular weight is 315 g/mol. The molecular formula is C17H21N3O3. The summed E-state index contributed by atoms with van der Waals surface area (Å²) in [5, 5.41) is 14.7. The minimum absolute atomic E-state index is 0.0494. The fraction of sp³-hybridized carbons (Fsp3) is 0.471. The summed E-state index contributed by atoms with van der Waals surface area (Å²) >= 11 is 0. The van der Waals surface area contributed by atoms with E-state index in [1.807, 2.05) is 38.2 Å². The summed E-state index contributed by atoms with van der Waals surface area (Å²) in [5.74, 6) is -1.14. The molecule has 122 valence electrons. The summed E-state index contributed by atoms with van der Waals surface area (Å²) in [6.07, 6.45) is 0.839. The Labute approximate surface area is 134 Å². The summed E-state index contributed by atoms with van der Waals surface area (Å²) in [5.41, 5.74) is 1.74. The largest absolute Gasteiger partial charge is 0.481 e. The highest BCUT2D eigenvalue weighted by molar-refractivity contribution is 5.88. The van der Waals surface area contributed by atoms with Crippen LogP contribution in [0.5, 0.6) is 0 Å². The first kappa shape index (κ1) is 15.5. The number of fused-ring (bicyclic) bond motifs is 1. The fourth-order valence-electron chi connectivity index (χ4n) is 3.41. The SMILES string of the molecule is CC1CC(C(=O)O)CN(C(=O)Cc2nn(C)c3ccccc23)C1. The van der Waals surface area contributed by atoms with E-state index in [0.29, 0.717) is 19.5 Å². The molecule has 1 aromatic carbocycles. The van der Waals surface area contributed by atoms with E-state index >= 15 is 0 Å². The number of hydrogen-bond donors (Lipinski definition) is 1. The van der Waals surface area contributed by atoms with E-state index in [2.05, 4.69) is 5.10 Å². The normalized spacial score (nSPS) is 21.6. The zero-order valence-electron chi connectivity index (χ0n) is 13.4. The maximum atomic E-state index is 12.6. The summed E-state index contributed by atoms with van der Waals surface area (Å²) in [6.45, 7) is 2.90. The van der Waals surface area contributed by atoms with Crippen molar-refractivity contribution in [3.05, 3.63) is 30.0 Å². The number of piperidine rings is 1. The Morgan fingerprint density at radius 3 is 2.78 bits per heavy atom. The quantitative estimate of drug-likeness (QED) is 0.935. The standard InChI is InChI=1S/C17H21N3O3/c1-11-7-12(17(22)23)10-20(9-11)16(21)8-14-13-5-3-4-6-15(13)19(2)18-14/h3-6,11-12H,7-10H2,1-2H3,(H,22,23). The number of carbonyl (C=O) groups excluding carboxylic acids is 1. The van der Waals surface area contributed by atoms with Gasteiger partial charge >= 0.3 is 5.97 Å². The molecule has 3 rings (SSSR count). The van der Waals surface area contributed by atoms with E-state index in [-0.39, 0.29) is 18.2 Å². The molecule has 1 aromatic heterocycles. The van der Waals surface area contributed by atoms with E-state index < -0.39 is 11.9 Å². The Kier molecular flexibility index (Phi) is 4.07. The van der Waals surface area contributed by atoms with Gasteiger partial charge in [-0.05, 0) is 18.4 Å². The molecular weight excluding hydrogens is 294 g/mol. The number of nitrogens with zero attached hydrogens (tertiary/aromatic N) is 3. The maximum Gasteiger partial charge on any atom is 0.308 e. The molecule has 1 aliphatic heterocycles. The van der Waals surface area contributed by atoms with Crippen molar-refractivity contribution in [2.45, 2.75) is 19.8 Å². The molecule has 2 atom stereocenters. The second-order valence-electron chi connectivity index (χ2n) is 6.44. The van der Waals surface area contributed by atoms with Gasteiger partial charge in [0.1, 0.15) is 0 Å². The topological polar surface area (TPSA) is 75.4 Å². The van der Waals surface area contributed by atoms with Crippen molar-refractivity contribution in [1.82, 2.24) is 14.7 Å². The lowest BCUT2D eigenvalue weighted by Crippen LogP contribution is -2.46. The number of likely N-dealkylation sites (tertiary alicyclic amines) is 1. The molecule has 0 radical (unpaired) electrons. The Morgan fingerprint density at radius 1 is 1.30 bits per heavy atom. The third-order valence-electron chi connectivity index (χ3n) is 4.51. The van der Waals surface area contributed by atoms with E-state index in [1.54, 1.807) is 9.58 Å². The highest BCUT2D eigenvalue weighted by Gasteiger charge is 2.32. The van der Waals surface area contributed by atoms with Crippen LogP contribution in [0.15, 0.2) is 24.3 Å². The smallest absolute Gasteiger partial charge is 0.308 e. The molecule has 0 spiro atoms. The minimum atomic E-state index is -0.822. The van der Waals surface area contributed by atoms with Gasteiger partial charge in [0.25, 0.3) is 0 Å². The van der Waals surface area contributed by atoms with Crippen LogP contribution in [0.1, 0.15) is 19.0 Å². The lowest BCUT2D eigenvalue weighted by atomic mass is 9.90. The molecule has 1 fully saturated rings. The van der Waals surface area contributed by atoms with Gasteiger partial charge in [-0.1, -0.05) is 25.1 Å². The Hall–Kier alpha value is -2.37. The van der Waals surface area contributed by atoms with E-state index in [1.165, 1.54) is 0 Å². The summed E-state index contributed by atoms with van der Waals surface area (Å²) in [4.78, 5) is 25.5. The molecule has 2 unspecified atom stereocenters. The molecule has 0 bridgehead atoms. The van der Waals surface area contributed by atoms with E-state index in [4.69, 9.17) is 0 Å². The van der Waals surface area contributed by atoms with Gasteiger partial charge in [-0.25, -0.2) is 0 Å². The van der Waals surface area contributed by atoms with Gasteiger partial charge in [-0.2, -0.15) is 5.10 Å². The summed E-state index contributed by atoms with van der Waals surface area (Å²) < 4.78 is 1.77. The van der Waals surface area contributed by atoms with Crippen molar-refractivity contribution in [1.29, 1.82) is 0 Å². The number of carboxylic acid groups (broad SMARTS) is 1. The van der Waals surface area contributed by atoms with Crippen LogP contribution in [0.3, 0.4) is 0 Å². The molecule has 0 aliphatic carbocycles. The van der Waals surface area contributed by atoms with Gasteiger partial charge in [0.2, 0.25) is 5.91 Å². The molecule has 1 N–H and O–H groups in total. The van der Waals surface area contributed by atoms with Crippen LogP contribution in [0.25, 0.3) is 10.9 Å². The van der Waals surface area contributed by atoms with Crippen molar-refractivity contribution < 1.29 is 14.7 Å². The summed E-state index contributed by atoms with van der Waals surface area (Å²) in [6, 6.07) is 7.81. The number of hydrogen-bond acceptors (Lipinski definition) is 3. The van der Waals surface area contributed by atoms with E-state index in [9.17, 15) is 14.7 Å². The van der Waals surface area contributed by atoms with Crippen molar-refractivity contribution in [3.8, 4) is 0 Å². The van der Waals surface area contributed by atoms with Crippen LogP contribution in [-0.4, -0.2) is 44.8 Å². The van der Waals surface area contributed by atoms with Crippen molar-refractivity contribution in [2.24, 2.45) is 18.9 Å². The van der Waals surface area contributed by atoms with Crippen LogP contribution < -0.4 is 0 Å². The van der Waals surface area contributed by atoms with Crippen LogP contribution in [-0.2, 0) is 23.1 Å². The predicted octanol–water partition coefficient (Wildman–Crippen LogP) is 1.68. The van der Waals surface area contributed by atoms with Gasteiger partial charge in [0.05, 0.1) is 23.5 Å². The van der Waals surface area contributed by atoms with Gasteiger partial charge in [-0.3, -0.25) is 14.3 Å². The second kappa shape index (κ2) is 6.02. The van der Waals surface area contributed by atoms with Crippen LogP contribution in [0.4, 0.5) is 0 Å². The number of para-hydroxylation sites is 1. The number of aliphatic carboxylic acids is 1. The monoisotopic (exact) mass is 315 g/mol. The number of rotatable bonds is 3. The Morgan fingerprint density at radius 2 is 2.04 bits per heavy atom. The molecule has 23 heavy (non-hydrogen) atoms. The van der Waals surface area contributed by atoms with Crippen molar-refractivity contribution in [3.63, 3.8) is 0 Å². The molecule has 1 aliphatic rings. The average Bonchev–Trinajstić information content (AvgIpc) is 2.83. The maximum absolute atomic E-state index is 12.6. The zero-order valence-corrected chi connectivity index (χ0v) is 13.4. The zero-order chi connectivity index (χ0) is 16.6. The Bertz CT molecular complexity index is 753. The second-order valence-corrected chi connectivity index (χ2v) is 6.44. The number of carbonyl (C=O) groups is 2. The molecule has 1 saturated heterocycles. The minimum Gasteiger partial charge on any atom is -0.481 e. The van der Waals surface area contributed by atoms with Crippen molar-refractivity contribution >= 4 is 22.8 Å². The first-order valence-corrected chi connectivity index (χ1v) is 7.87. The molecule has 6 heteroatoms. The number of aryl methyl sites for hydroxylation is 1. The lowest BCUT2D eigenvalue weighted by Gasteiger charge is -2.34. The van der Waals surface area contributed by atoms with Gasteiger partial charge in [0.15, 0.2) is 0 Å². The molecule has 2 heterocycles. The molecule has 0 saturated carbocycles. The van der Waals surface area contributed by atoms with Crippen LogP contribution >= 0.6 is 0 Å². The predicted molar refractivity (Wildman–Crippen MR) is 85.9 cm³/mol. The van der Waals surface area contributed by atoms with Crippen LogP contribution in [0, 0.1) is 11.8 Å². The molecule has 2 aromatic rings. The van der Waals surface area contributed by atoms with Crippen molar-refractivity contribution in [2.75, 3.05) is 13.1 Å². The number of benzene rings is 1. The Balaban J connectivity index is 1.79. The fourth-order valence-corrected chi connectivity index (χ4v) is 3.41. The third-order valence-corrected chi connectivity index (χ3v) is 4.51. The molecule has 1 amide bonds.